The minimum atomic E-state index is -0.961. The monoisotopic (exact) mass is 519 g/mol. The topological polar surface area (TPSA) is 93.1 Å². The largest absolute Gasteiger partial charge is 0.507 e. The van der Waals surface area contributed by atoms with E-state index in [0.29, 0.717) is 17.0 Å². The molecule has 37 heavy (non-hydrogen) atoms. The number of carbonyl (C=O) groups excluding carboxylic acids is 3. The number of halogens is 1. The number of aryl methyl sites for hydroxylation is 3. The molecule has 8 heteroatoms. The number of methoxy groups -OCH3 is 1. The van der Waals surface area contributed by atoms with Gasteiger partial charge in [0.25, 0.3) is 11.7 Å². The number of ether oxygens (including phenoxy) is 2. The zero-order valence-electron chi connectivity index (χ0n) is 21.1. The fraction of sp³-hybridized carbons (Fsp3) is 0.207. The van der Waals surface area contributed by atoms with Crippen LogP contribution in [0, 0.1) is 20.8 Å². The van der Waals surface area contributed by atoms with Crippen molar-refractivity contribution in [1.82, 2.24) is 0 Å². The molecule has 1 aliphatic heterocycles. The van der Waals surface area contributed by atoms with Gasteiger partial charge in [0.1, 0.15) is 17.3 Å². The molecule has 1 aliphatic rings. The van der Waals surface area contributed by atoms with E-state index in [2.05, 4.69) is 0 Å². The molecular formula is C29H26ClNO6. The fourth-order valence-corrected chi connectivity index (χ4v) is 4.78. The van der Waals surface area contributed by atoms with Crippen LogP contribution in [-0.2, 0) is 14.4 Å². The van der Waals surface area contributed by atoms with Crippen LogP contribution >= 0.6 is 11.6 Å². The normalized spacial score (nSPS) is 16.7. The number of ketones is 1. The summed E-state index contributed by atoms with van der Waals surface area (Å²) in [7, 11) is 1.41. The van der Waals surface area contributed by atoms with Crippen LogP contribution in [0.5, 0.6) is 11.5 Å². The van der Waals surface area contributed by atoms with Crippen molar-refractivity contribution >= 4 is 40.7 Å². The van der Waals surface area contributed by atoms with E-state index < -0.39 is 29.5 Å². The van der Waals surface area contributed by atoms with Gasteiger partial charge in [-0.2, -0.15) is 0 Å². The number of nitrogens with zero attached hydrogens (tertiary/aromatic N) is 1. The summed E-state index contributed by atoms with van der Waals surface area (Å²) in [6, 6.07) is 14.3. The molecule has 1 heterocycles. The molecule has 7 nitrogen and oxygen atoms in total. The van der Waals surface area contributed by atoms with Gasteiger partial charge < -0.3 is 14.6 Å². The Kier molecular flexibility index (Phi) is 7.09. The molecule has 0 aliphatic carbocycles. The maximum absolute atomic E-state index is 13.5. The Morgan fingerprint density at radius 3 is 2.24 bits per heavy atom. The van der Waals surface area contributed by atoms with Crippen molar-refractivity contribution in [3.8, 4) is 11.5 Å². The first kappa shape index (κ1) is 26.0. The Bertz CT molecular complexity index is 1460. The smallest absolute Gasteiger partial charge is 0.308 e. The molecule has 0 radical (unpaired) electrons. The van der Waals surface area contributed by atoms with Gasteiger partial charge in [0.2, 0.25) is 0 Å². The third-order valence-corrected chi connectivity index (χ3v) is 6.60. The molecule has 0 aromatic heterocycles. The number of aliphatic hydroxyl groups is 1. The molecule has 1 atom stereocenters. The van der Waals surface area contributed by atoms with E-state index in [1.807, 2.05) is 26.0 Å². The lowest BCUT2D eigenvalue weighted by atomic mass is 9.94. The zero-order valence-corrected chi connectivity index (χ0v) is 21.8. The summed E-state index contributed by atoms with van der Waals surface area (Å²) < 4.78 is 10.6. The molecule has 1 saturated heterocycles. The fourth-order valence-electron chi connectivity index (χ4n) is 4.43. The summed E-state index contributed by atoms with van der Waals surface area (Å²) in [6.45, 7) is 6.95. The molecule has 1 N–H and O–H groups in total. The summed E-state index contributed by atoms with van der Waals surface area (Å²) in [5.41, 5.74) is 3.84. The highest BCUT2D eigenvalue weighted by molar-refractivity contribution is 6.51. The number of amides is 1. The third kappa shape index (κ3) is 4.82. The third-order valence-electron chi connectivity index (χ3n) is 6.32. The van der Waals surface area contributed by atoms with E-state index in [4.69, 9.17) is 21.1 Å². The number of carbonyl (C=O) groups is 3. The summed E-state index contributed by atoms with van der Waals surface area (Å²) in [6.07, 6.45) is 0. The summed E-state index contributed by atoms with van der Waals surface area (Å²) in [4.78, 5) is 39.6. The van der Waals surface area contributed by atoms with E-state index in [1.54, 1.807) is 49.4 Å². The number of benzene rings is 3. The van der Waals surface area contributed by atoms with E-state index in [0.717, 1.165) is 16.7 Å². The second-order valence-corrected chi connectivity index (χ2v) is 9.34. The lowest BCUT2D eigenvalue weighted by Gasteiger charge is -2.26. The van der Waals surface area contributed by atoms with Gasteiger partial charge in [-0.1, -0.05) is 29.8 Å². The molecule has 4 rings (SSSR count). The van der Waals surface area contributed by atoms with Crippen LogP contribution in [0.1, 0.15) is 40.8 Å². The number of hydrogen-bond donors (Lipinski definition) is 1. The molecular weight excluding hydrogens is 494 g/mol. The maximum Gasteiger partial charge on any atom is 0.308 e. The summed E-state index contributed by atoms with van der Waals surface area (Å²) in [5.74, 6) is -2.00. The molecule has 1 fully saturated rings. The second-order valence-electron chi connectivity index (χ2n) is 8.93. The van der Waals surface area contributed by atoms with E-state index in [1.165, 1.54) is 18.9 Å². The van der Waals surface area contributed by atoms with Gasteiger partial charge in [0, 0.05) is 12.6 Å². The molecule has 0 bridgehead atoms. The average Bonchev–Trinajstić information content (AvgIpc) is 3.10. The Hall–Kier alpha value is -4.10. The molecule has 1 amide bonds. The first-order chi connectivity index (χ1) is 17.5. The van der Waals surface area contributed by atoms with Gasteiger partial charge in [0.15, 0.2) is 0 Å². The lowest BCUT2D eigenvalue weighted by molar-refractivity contribution is -0.132. The van der Waals surface area contributed by atoms with E-state index >= 15 is 0 Å². The van der Waals surface area contributed by atoms with Crippen molar-refractivity contribution in [3.05, 3.63) is 93.0 Å². The minimum absolute atomic E-state index is 0.108. The predicted octanol–water partition coefficient (Wildman–Crippen LogP) is 5.83. The Morgan fingerprint density at radius 2 is 1.65 bits per heavy atom. The molecule has 0 saturated carbocycles. The first-order valence-electron chi connectivity index (χ1n) is 11.5. The van der Waals surface area contributed by atoms with Gasteiger partial charge in [-0.3, -0.25) is 19.3 Å². The first-order valence-corrected chi connectivity index (χ1v) is 11.9. The minimum Gasteiger partial charge on any atom is -0.507 e. The number of Topliss-reactive ketones (excluding diaryl/α,β-unsaturated/α-hetero) is 1. The Balaban J connectivity index is 1.98. The van der Waals surface area contributed by atoms with Crippen LogP contribution in [0.3, 0.4) is 0 Å². The van der Waals surface area contributed by atoms with Crippen LogP contribution in [0.4, 0.5) is 5.69 Å². The lowest BCUT2D eigenvalue weighted by Crippen LogP contribution is -2.29. The van der Waals surface area contributed by atoms with Gasteiger partial charge in [-0.25, -0.2) is 0 Å². The highest BCUT2D eigenvalue weighted by atomic mass is 35.5. The SMILES string of the molecule is COc1c(Cl)cc(C)cc1/C(O)=C1\C(=O)C(=O)N(c2ccc(C)c(C)c2)C1c1ccc(OC(C)=O)cc1. The predicted molar refractivity (Wildman–Crippen MR) is 141 cm³/mol. The summed E-state index contributed by atoms with van der Waals surface area (Å²) >= 11 is 6.36. The average molecular weight is 520 g/mol. The van der Waals surface area contributed by atoms with E-state index in [9.17, 15) is 19.5 Å². The van der Waals surface area contributed by atoms with E-state index in [-0.39, 0.29) is 21.9 Å². The van der Waals surface area contributed by atoms with Crippen molar-refractivity contribution in [3.63, 3.8) is 0 Å². The van der Waals surface area contributed by atoms with Crippen molar-refractivity contribution in [1.29, 1.82) is 0 Å². The number of aliphatic hydroxyl groups excluding tert-OH is 1. The van der Waals surface area contributed by atoms with Crippen LogP contribution in [0.25, 0.3) is 5.76 Å². The van der Waals surface area contributed by atoms with Crippen LogP contribution in [0.15, 0.2) is 60.2 Å². The highest BCUT2D eigenvalue weighted by Crippen LogP contribution is 2.45. The quantitative estimate of drug-likeness (QED) is 0.150. The molecule has 1 unspecified atom stereocenters. The van der Waals surface area contributed by atoms with Gasteiger partial charge in [0.05, 0.1) is 29.3 Å². The van der Waals surface area contributed by atoms with Crippen molar-refractivity contribution in [2.24, 2.45) is 0 Å². The summed E-state index contributed by atoms with van der Waals surface area (Å²) in [5, 5.41) is 11.8. The molecule has 3 aromatic carbocycles. The highest BCUT2D eigenvalue weighted by Gasteiger charge is 2.47. The Morgan fingerprint density at radius 1 is 0.973 bits per heavy atom. The second kappa shape index (κ2) is 10.1. The van der Waals surface area contributed by atoms with Crippen molar-refractivity contribution < 1.29 is 29.0 Å². The number of anilines is 1. The molecule has 0 spiro atoms. The number of esters is 1. The van der Waals surface area contributed by atoms with Gasteiger partial charge in [-0.15, -0.1) is 0 Å². The number of hydrogen-bond acceptors (Lipinski definition) is 6. The van der Waals surface area contributed by atoms with Gasteiger partial charge >= 0.3 is 5.97 Å². The molecule has 190 valence electrons. The molecule has 3 aromatic rings. The van der Waals surface area contributed by atoms with Gasteiger partial charge in [-0.05, 0) is 79.4 Å². The zero-order chi connectivity index (χ0) is 27.0. The van der Waals surface area contributed by atoms with Crippen molar-refractivity contribution in [2.75, 3.05) is 12.0 Å². The Labute approximate surface area is 219 Å². The number of rotatable bonds is 5. The van der Waals surface area contributed by atoms with Crippen LogP contribution in [-0.4, -0.2) is 29.9 Å². The standard InChI is InChI=1S/C29H26ClNO6/c1-15-12-22(28(36-5)23(30)13-15)26(33)24-25(19-7-10-21(11-8-19)37-18(4)32)31(29(35)27(24)34)20-9-6-16(2)17(3)14-20/h6-14,25,33H,1-5H3/b26-24+. The van der Waals surface area contributed by atoms with Crippen LogP contribution < -0.4 is 14.4 Å². The van der Waals surface area contributed by atoms with Crippen LogP contribution in [0.2, 0.25) is 5.02 Å². The maximum atomic E-state index is 13.5. The van der Waals surface area contributed by atoms with Crippen molar-refractivity contribution in [2.45, 2.75) is 33.7 Å².